The first-order valence-electron chi connectivity index (χ1n) is 7.85. The number of aliphatic hydroxyl groups is 1. The first-order chi connectivity index (χ1) is 8.17. The number of hydrogen-bond donors (Lipinski definition) is 1. The summed E-state index contributed by atoms with van der Waals surface area (Å²) in [5, 5.41) is 10.9. The van der Waals surface area contributed by atoms with Crippen LogP contribution in [-0.4, -0.2) is 11.2 Å². The van der Waals surface area contributed by atoms with Crippen LogP contribution in [0.5, 0.6) is 0 Å². The van der Waals surface area contributed by atoms with Gasteiger partial charge in [-0.15, -0.1) is 0 Å². The molecule has 3 atom stereocenters. The van der Waals surface area contributed by atoms with Crippen molar-refractivity contribution in [2.24, 2.45) is 17.3 Å². The lowest BCUT2D eigenvalue weighted by atomic mass is 9.63. The minimum atomic E-state index is -0.0342. The minimum absolute atomic E-state index is 0.0342. The topological polar surface area (TPSA) is 20.2 Å². The van der Waals surface area contributed by atoms with E-state index in [1.807, 2.05) is 0 Å². The van der Waals surface area contributed by atoms with Crippen LogP contribution >= 0.6 is 0 Å². The van der Waals surface area contributed by atoms with Crippen molar-refractivity contribution in [3.8, 4) is 0 Å². The van der Waals surface area contributed by atoms with Crippen molar-refractivity contribution in [2.45, 2.75) is 84.2 Å². The van der Waals surface area contributed by atoms with Gasteiger partial charge in [-0.3, -0.25) is 0 Å². The standard InChI is InChI=1S/C16H30O/c1-3-13-9-5-6-10-14(13)15(17)16(2)11-7-4-8-12-16/h13-15,17H,3-12H2,1-2H3. The van der Waals surface area contributed by atoms with E-state index in [4.69, 9.17) is 0 Å². The summed E-state index contributed by atoms with van der Waals surface area (Å²) in [7, 11) is 0. The Hall–Kier alpha value is -0.0400. The second kappa shape index (κ2) is 5.73. The smallest absolute Gasteiger partial charge is 0.0624 e. The van der Waals surface area contributed by atoms with Crippen LogP contribution in [0.2, 0.25) is 0 Å². The zero-order valence-electron chi connectivity index (χ0n) is 11.8. The Labute approximate surface area is 107 Å². The van der Waals surface area contributed by atoms with Crippen LogP contribution < -0.4 is 0 Å². The zero-order chi connectivity index (χ0) is 12.3. The number of aliphatic hydroxyl groups excluding tert-OH is 1. The fourth-order valence-electron chi connectivity index (χ4n) is 4.33. The van der Waals surface area contributed by atoms with Crippen molar-refractivity contribution < 1.29 is 5.11 Å². The molecule has 0 aromatic rings. The predicted molar refractivity (Wildman–Crippen MR) is 72.9 cm³/mol. The second-order valence-corrected chi connectivity index (χ2v) is 6.78. The molecular weight excluding hydrogens is 208 g/mol. The summed E-state index contributed by atoms with van der Waals surface area (Å²) >= 11 is 0. The summed E-state index contributed by atoms with van der Waals surface area (Å²) in [4.78, 5) is 0. The van der Waals surface area contributed by atoms with Gasteiger partial charge in [-0.05, 0) is 36.5 Å². The van der Waals surface area contributed by atoms with Gasteiger partial charge in [-0.1, -0.05) is 58.8 Å². The van der Waals surface area contributed by atoms with Crippen LogP contribution in [0.3, 0.4) is 0 Å². The Bertz CT molecular complexity index is 230. The highest BCUT2D eigenvalue weighted by molar-refractivity contribution is 4.92. The van der Waals surface area contributed by atoms with E-state index < -0.39 is 0 Å². The lowest BCUT2D eigenvalue weighted by Crippen LogP contribution is -2.43. The maximum atomic E-state index is 10.9. The van der Waals surface area contributed by atoms with Crippen molar-refractivity contribution in [1.82, 2.24) is 0 Å². The van der Waals surface area contributed by atoms with E-state index in [2.05, 4.69) is 13.8 Å². The predicted octanol–water partition coefficient (Wildman–Crippen LogP) is 4.53. The number of hydrogen-bond acceptors (Lipinski definition) is 1. The largest absolute Gasteiger partial charge is 0.392 e. The Morgan fingerprint density at radius 3 is 2.35 bits per heavy atom. The van der Waals surface area contributed by atoms with Gasteiger partial charge >= 0.3 is 0 Å². The molecule has 2 aliphatic rings. The first kappa shape index (κ1) is 13.4. The fourth-order valence-corrected chi connectivity index (χ4v) is 4.33. The fraction of sp³-hybridized carbons (Fsp3) is 1.00. The van der Waals surface area contributed by atoms with Crippen molar-refractivity contribution in [1.29, 1.82) is 0 Å². The highest BCUT2D eigenvalue weighted by atomic mass is 16.3. The maximum Gasteiger partial charge on any atom is 0.0624 e. The average Bonchev–Trinajstić information content (AvgIpc) is 2.38. The van der Waals surface area contributed by atoms with Gasteiger partial charge in [0, 0.05) is 0 Å². The quantitative estimate of drug-likeness (QED) is 0.765. The van der Waals surface area contributed by atoms with Crippen LogP contribution in [0.4, 0.5) is 0 Å². The van der Waals surface area contributed by atoms with E-state index in [0.29, 0.717) is 5.92 Å². The van der Waals surface area contributed by atoms with Gasteiger partial charge < -0.3 is 5.11 Å². The molecule has 2 rings (SSSR count). The van der Waals surface area contributed by atoms with E-state index in [1.54, 1.807) is 0 Å². The van der Waals surface area contributed by atoms with Gasteiger partial charge in [0.15, 0.2) is 0 Å². The molecular formula is C16H30O. The summed E-state index contributed by atoms with van der Waals surface area (Å²) in [6.07, 6.45) is 13.1. The minimum Gasteiger partial charge on any atom is -0.392 e. The Morgan fingerprint density at radius 2 is 1.71 bits per heavy atom. The Kier molecular flexibility index (Phi) is 4.52. The molecule has 2 saturated carbocycles. The van der Waals surface area contributed by atoms with E-state index >= 15 is 0 Å². The molecule has 0 radical (unpaired) electrons. The summed E-state index contributed by atoms with van der Waals surface area (Å²) < 4.78 is 0. The van der Waals surface area contributed by atoms with Crippen molar-refractivity contribution in [3.63, 3.8) is 0 Å². The van der Waals surface area contributed by atoms with Crippen LogP contribution in [0.1, 0.15) is 78.1 Å². The van der Waals surface area contributed by atoms with Crippen molar-refractivity contribution in [3.05, 3.63) is 0 Å². The second-order valence-electron chi connectivity index (χ2n) is 6.78. The molecule has 0 spiro atoms. The molecule has 0 aromatic carbocycles. The van der Waals surface area contributed by atoms with E-state index in [0.717, 1.165) is 5.92 Å². The number of rotatable bonds is 3. The summed E-state index contributed by atoms with van der Waals surface area (Å²) in [5.74, 6) is 1.38. The van der Waals surface area contributed by atoms with Gasteiger partial charge in [0.2, 0.25) is 0 Å². The highest BCUT2D eigenvalue weighted by Crippen LogP contribution is 2.46. The third-order valence-corrected chi connectivity index (χ3v) is 5.61. The third-order valence-electron chi connectivity index (χ3n) is 5.61. The van der Waals surface area contributed by atoms with Gasteiger partial charge in [-0.2, -0.15) is 0 Å². The molecule has 1 heteroatoms. The van der Waals surface area contributed by atoms with E-state index in [9.17, 15) is 5.11 Å². The molecule has 0 aliphatic heterocycles. The molecule has 2 aliphatic carbocycles. The van der Waals surface area contributed by atoms with E-state index in [-0.39, 0.29) is 11.5 Å². The molecule has 1 N–H and O–H groups in total. The maximum absolute atomic E-state index is 10.9. The lowest BCUT2D eigenvalue weighted by Gasteiger charge is -2.45. The van der Waals surface area contributed by atoms with Crippen LogP contribution in [0.25, 0.3) is 0 Å². The molecule has 0 bridgehead atoms. The van der Waals surface area contributed by atoms with Crippen LogP contribution in [0, 0.1) is 17.3 Å². The van der Waals surface area contributed by atoms with Crippen LogP contribution in [-0.2, 0) is 0 Å². The first-order valence-corrected chi connectivity index (χ1v) is 7.85. The van der Waals surface area contributed by atoms with Gasteiger partial charge in [0.05, 0.1) is 6.10 Å². The summed E-state index contributed by atoms with van der Waals surface area (Å²) in [6.45, 7) is 4.65. The molecule has 3 unspecified atom stereocenters. The van der Waals surface area contributed by atoms with Gasteiger partial charge in [0.1, 0.15) is 0 Å². The third kappa shape index (κ3) is 2.86. The summed E-state index contributed by atoms with van der Waals surface area (Å²) in [6, 6.07) is 0. The SMILES string of the molecule is CCC1CCCCC1C(O)C1(C)CCCCC1. The molecule has 0 saturated heterocycles. The normalized spacial score (nSPS) is 35.5. The van der Waals surface area contributed by atoms with Gasteiger partial charge in [0.25, 0.3) is 0 Å². The van der Waals surface area contributed by atoms with Crippen LogP contribution in [0.15, 0.2) is 0 Å². The Morgan fingerprint density at radius 1 is 1.06 bits per heavy atom. The monoisotopic (exact) mass is 238 g/mol. The average molecular weight is 238 g/mol. The van der Waals surface area contributed by atoms with Gasteiger partial charge in [-0.25, -0.2) is 0 Å². The molecule has 0 amide bonds. The highest BCUT2D eigenvalue weighted by Gasteiger charge is 2.41. The Balaban J connectivity index is 2.03. The summed E-state index contributed by atoms with van der Waals surface area (Å²) in [5.41, 5.74) is 0.230. The lowest BCUT2D eigenvalue weighted by molar-refractivity contribution is -0.0600. The van der Waals surface area contributed by atoms with Crippen molar-refractivity contribution >= 4 is 0 Å². The molecule has 2 fully saturated rings. The molecule has 17 heavy (non-hydrogen) atoms. The van der Waals surface area contributed by atoms with Crippen molar-refractivity contribution in [2.75, 3.05) is 0 Å². The zero-order valence-corrected chi connectivity index (χ0v) is 11.8. The molecule has 0 heterocycles. The molecule has 1 nitrogen and oxygen atoms in total. The van der Waals surface area contributed by atoms with E-state index in [1.165, 1.54) is 64.2 Å². The molecule has 0 aromatic heterocycles. The molecule has 100 valence electrons.